The van der Waals surface area contributed by atoms with Crippen LogP contribution in [0, 0.1) is 10.8 Å². The highest BCUT2D eigenvalue weighted by Gasteiger charge is 2.33. The Hall–Kier alpha value is -1.10. The Balaban J connectivity index is 4.30. The Morgan fingerprint density at radius 3 is 2.06 bits per heavy atom. The van der Waals surface area contributed by atoms with Crippen molar-refractivity contribution in [3.63, 3.8) is 0 Å². The van der Waals surface area contributed by atoms with Crippen molar-refractivity contribution >= 4 is 11.9 Å². The minimum atomic E-state index is -1.07. The normalized spacial score (nSPS) is 14.2. The van der Waals surface area contributed by atoms with Gasteiger partial charge in [-0.3, -0.25) is 9.59 Å². The van der Waals surface area contributed by atoms with Gasteiger partial charge in [-0.05, 0) is 10.8 Å². The van der Waals surface area contributed by atoms with E-state index in [1.165, 1.54) is 0 Å². The minimum Gasteiger partial charge on any atom is -0.481 e. The van der Waals surface area contributed by atoms with Gasteiger partial charge in [0, 0.05) is 6.54 Å². The molecule has 0 bridgehead atoms. The zero-order chi connectivity index (χ0) is 13.9. The Bertz CT molecular complexity index is 293. The lowest BCUT2D eigenvalue weighted by atomic mass is 9.69. The molecule has 0 rings (SSSR count). The molecule has 0 radical (unpaired) electrons. The van der Waals surface area contributed by atoms with Crippen molar-refractivity contribution in [2.45, 2.75) is 47.1 Å². The predicted molar refractivity (Wildman–Crippen MR) is 66.5 cm³/mol. The first-order valence-electron chi connectivity index (χ1n) is 5.72. The highest BCUT2D eigenvalue weighted by Crippen LogP contribution is 2.36. The zero-order valence-corrected chi connectivity index (χ0v) is 11.3. The molecule has 0 fully saturated rings. The van der Waals surface area contributed by atoms with Crippen LogP contribution in [0.25, 0.3) is 0 Å². The molecule has 0 aromatic carbocycles. The SMILES string of the molecule is CC(C)(C)C(C)(C)CNC(=O)C(N)CC(=O)O. The van der Waals surface area contributed by atoms with E-state index < -0.39 is 17.9 Å². The molecule has 0 aromatic heterocycles. The third kappa shape index (κ3) is 5.17. The van der Waals surface area contributed by atoms with E-state index in [0.29, 0.717) is 6.54 Å². The fourth-order valence-corrected chi connectivity index (χ4v) is 0.985. The number of carboxylic acid groups (broad SMARTS) is 1. The van der Waals surface area contributed by atoms with E-state index in [1.807, 2.05) is 0 Å². The molecule has 0 aliphatic rings. The summed E-state index contributed by atoms with van der Waals surface area (Å²) in [5.74, 6) is -1.48. The fourth-order valence-electron chi connectivity index (χ4n) is 0.985. The Labute approximate surface area is 103 Å². The van der Waals surface area contributed by atoms with E-state index in [0.717, 1.165) is 0 Å². The van der Waals surface area contributed by atoms with Crippen LogP contribution in [0.3, 0.4) is 0 Å². The maximum atomic E-state index is 11.6. The summed E-state index contributed by atoms with van der Waals surface area (Å²) in [6.45, 7) is 10.9. The molecule has 100 valence electrons. The molecule has 1 unspecified atom stereocenters. The van der Waals surface area contributed by atoms with E-state index >= 15 is 0 Å². The van der Waals surface area contributed by atoms with Crippen molar-refractivity contribution in [1.29, 1.82) is 0 Å². The monoisotopic (exact) mass is 244 g/mol. The van der Waals surface area contributed by atoms with Gasteiger partial charge >= 0.3 is 5.97 Å². The number of hydrogen-bond donors (Lipinski definition) is 3. The molecule has 5 heteroatoms. The van der Waals surface area contributed by atoms with Gasteiger partial charge in [0.15, 0.2) is 0 Å². The first-order valence-corrected chi connectivity index (χ1v) is 5.72. The Morgan fingerprint density at radius 1 is 1.24 bits per heavy atom. The standard InChI is InChI=1S/C12H24N2O3/c1-11(2,3)12(4,5)7-14-10(17)8(13)6-9(15)16/h8H,6-7,13H2,1-5H3,(H,14,17)(H,15,16). The predicted octanol–water partition coefficient (Wildman–Crippen LogP) is 0.977. The molecular weight excluding hydrogens is 220 g/mol. The number of carbonyl (C=O) groups is 2. The number of amides is 1. The molecule has 0 spiro atoms. The van der Waals surface area contributed by atoms with Crippen LogP contribution >= 0.6 is 0 Å². The molecule has 0 saturated heterocycles. The van der Waals surface area contributed by atoms with Crippen molar-refractivity contribution in [1.82, 2.24) is 5.32 Å². The van der Waals surface area contributed by atoms with Crippen LogP contribution in [0.4, 0.5) is 0 Å². The van der Waals surface area contributed by atoms with Gasteiger partial charge in [-0.25, -0.2) is 0 Å². The highest BCUT2D eigenvalue weighted by molar-refractivity contribution is 5.85. The smallest absolute Gasteiger partial charge is 0.305 e. The van der Waals surface area contributed by atoms with Crippen molar-refractivity contribution in [3.05, 3.63) is 0 Å². The van der Waals surface area contributed by atoms with Gasteiger partial charge < -0.3 is 16.2 Å². The number of rotatable bonds is 5. The third-order valence-corrected chi connectivity index (χ3v) is 3.47. The first-order chi connectivity index (χ1) is 7.47. The molecule has 0 aliphatic carbocycles. The molecule has 1 amide bonds. The van der Waals surface area contributed by atoms with Gasteiger partial charge in [0.1, 0.15) is 0 Å². The van der Waals surface area contributed by atoms with Gasteiger partial charge in [-0.15, -0.1) is 0 Å². The number of carboxylic acids is 1. The topological polar surface area (TPSA) is 92.4 Å². The average molecular weight is 244 g/mol. The Morgan fingerprint density at radius 2 is 1.71 bits per heavy atom. The highest BCUT2D eigenvalue weighted by atomic mass is 16.4. The van der Waals surface area contributed by atoms with Crippen molar-refractivity contribution in [2.24, 2.45) is 16.6 Å². The van der Waals surface area contributed by atoms with E-state index in [1.54, 1.807) is 0 Å². The lowest BCUT2D eigenvalue weighted by molar-refractivity contribution is -0.139. The lowest BCUT2D eigenvalue weighted by Crippen LogP contribution is -2.47. The van der Waals surface area contributed by atoms with Gasteiger partial charge in [-0.1, -0.05) is 34.6 Å². The van der Waals surface area contributed by atoms with Gasteiger partial charge in [0.25, 0.3) is 0 Å². The van der Waals surface area contributed by atoms with Crippen LogP contribution in [-0.2, 0) is 9.59 Å². The molecule has 0 aliphatic heterocycles. The molecule has 5 nitrogen and oxygen atoms in total. The van der Waals surface area contributed by atoms with Gasteiger partial charge in [0.2, 0.25) is 5.91 Å². The number of carbonyl (C=O) groups excluding carboxylic acids is 1. The second-order valence-electron chi connectivity index (χ2n) is 6.06. The second-order valence-corrected chi connectivity index (χ2v) is 6.06. The van der Waals surface area contributed by atoms with Crippen molar-refractivity contribution in [2.75, 3.05) is 6.54 Å². The summed E-state index contributed by atoms with van der Waals surface area (Å²) >= 11 is 0. The largest absolute Gasteiger partial charge is 0.481 e. The van der Waals surface area contributed by atoms with Crippen LogP contribution < -0.4 is 11.1 Å². The number of nitrogens with one attached hydrogen (secondary N) is 1. The van der Waals surface area contributed by atoms with Crippen LogP contribution in [0.1, 0.15) is 41.0 Å². The summed E-state index contributed by atoms with van der Waals surface area (Å²) in [5.41, 5.74) is 5.41. The molecule has 17 heavy (non-hydrogen) atoms. The maximum absolute atomic E-state index is 11.6. The summed E-state index contributed by atoms with van der Waals surface area (Å²) in [6, 6.07) is -0.983. The number of nitrogens with two attached hydrogens (primary N) is 1. The summed E-state index contributed by atoms with van der Waals surface area (Å²) in [5, 5.41) is 11.2. The lowest BCUT2D eigenvalue weighted by Gasteiger charge is -2.39. The van der Waals surface area contributed by atoms with Gasteiger partial charge in [0.05, 0.1) is 12.5 Å². The summed E-state index contributed by atoms with van der Waals surface area (Å²) in [4.78, 5) is 22.0. The van der Waals surface area contributed by atoms with Crippen LogP contribution in [-0.4, -0.2) is 29.6 Å². The maximum Gasteiger partial charge on any atom is 0.305 e. The van der Waals surface area contributed by atoms with Gasteiger partial charge in [-0.2, -0.15) is 0 Å². The second kappa shape index (κ2) is 5.49. The van der Waals surface area contributed by atoms with E-state index in [9.17, 15) is 9.59 Å². The number of hydrogen-bond acceptors (Lipinski definition) is 3. The molecule has 1 atom stereocenters. The summed E-state index contributed by atoms with van der Waals surface area (Å²) in [6.07, 6.45) is -0.345. The zero-order valence-electron chi connectivity index (χ0n) is 11.3. The molecule has 0 saturated carbocycles. The first kappa shape index (κ1) is 15.9. The average Bonchev–Trinajstić information content (AvgIpc) is 2.11. The quantitative estimate of drug-likeness (QED) is 0.672. The fraction of sp³-hybridized carbons (Fsp3) is 0.833. The van der Waals surface area contributed by atoms with E-state index in [4.69, 9.17) is 10.8 Å². The molecule has 4 N–H and O–H groups in total. The summed E-state index contributed by atoms with van der Waals surface area (Å²) in [7, 11) is 0. The van der Waals surface area contributed by atoms with Crippen molar-refractivity contribution in [3.8, 4) is 0 Å². The molecule has 0 aromatic rings. The minimum absolute atomic E-state index is 0.0389. The van der Waals surface area contributed by atoms with Crippen molar-refractivity contribution < 1.29 is 14.7 Å². The van der Waals surface area contributed by atoms with Crippen LogP contribution in [0.2, 0.25) is 0 Å². The van der Waals surface area contributed by atoms with Crippen LogP contribution in [0.15, 0.2) is 0 Å². The molecule has 0 heterocycles. The molecular formula is C12H24N2O3. The van der Waals surface area contributed by atoms with E-state index in [2.05, 4.69) is 39.9 Å². The third-order valence-electron chi connectivity index (χ3n) is 3.47. The number of aliphatic carboxylic acids is 1. The van der Waals surface area contributed by atoms with Crippen LogP contribution in [0.5, 0.6) is 0 Å². The van der Waals surface area contributed by atoms with E-state index in [-0.39, 0.29) is 17.3 Å². The summed E-state index contributed by atoms with van der Waals surface area (Å²) < 4.78 is 0. The Kier molecular flexibility index (Phi) is 5.13.